The van der Waals surface area contributed by atoms with E-state index in [9.17, 15) is 9.59 Å². The highest BCUT2D eigenvalue weighted by Gasteiger charge is 2.34. The molecule has 1 amide bonds. The minimum atomic E-state index is -0.669. The third kappa shape index (κ3) is 3.71. The van der Waals surface area contributed by atoms with Gasteiger partial charge in [-0.3, -0.25) is 9.59 Å². The molecule has 0 N–H and O–H groups in total. The molecule has 0 saturated carbocycles. The molecule has 1 aliphatic heterocycles. The van der Waals surface area contributed by atoms with Crippen molar-refractivity contribution in [3.8, 4) is 5.75 Å². The van der Waals surface area contributed by atoms with Gasteiger partial charge in [-0.05, 0) is 18.2 Å². The second-order valence-corrected chi connectivity index (χ2v) is 6.30. The van der Waals surface area contributed by atoms with Gasteiger partial charge in [-0.2, -0.15) is 5.01 Å². The second kappa shape index (κ2) is 7.06. The Hall–Kier alpha value is -2.67. The summed E-state index contributed by atoms with van der Waals surface area (Å²) < 4.78 is 11.9. The third-order valence-corrected chi connectivity index (χ3v) is 3.97. The number of carbonyl (C=O) groups excluding carboxylic acids is 2. The van der Waals surface area contributed by atoms with Crippen molar-refractivity contribution < 1.29 is 19.1 Å². The fourth-order valence-corrected chi connectivity index (χ4v) is 2.78. The summed E-state index contributed by atoms with van der Waals surface area (Å²) in [5, 5.41) is 5.56. The van der Waals surface area contributed by atoms with Crippen molar-refractivity contribution >= 4 is 33.7 Å². The minimum Gasteiger partial charge on any atom is -0.446 e. The van der Waals surface area contributed by atoms with Gasteiger partial charge in [0.15, 0.2) is 0 Å². The van der Waals surface area contributed by atoms with Gasteiger partial charge >= 0.3 is 5.97 Å². The monoisotopic (exact) mass is 402 g/mol. The first kappa shape index (κ1) is 17.2. The summed E-state index contributed by atoms with van der Waals surface area (Å²) in [4.78, 5) is 23.3. The average molecular weight is 403 g/mol. The van der Waals surface area contributed by atoms with Gasteiger partial charge in [0.05, 0.1) is 5.56 Å². The van der Waals surface area contributed by atoms with Crippen molar-refractivity contribution in [3.63, 3.8) is 0 Å². The van der Waals surface area contributed by atoms with E-state index in [1.165, 1.54) is 18.9 Å². The lowest BCUT2D eigenvalue weighted by Crippen LogP contribution is -2.25. The van der Waals surface area contributed by atoms with E-state index >= 15 is 0 Å². The van der Waals surface area contributed by atoms with Gasteiger partial charge in [0, 0.05) is 23.9 Å². The molecule has 1 heterocycles. The maximum atomic E-state index is 12.0. The Balaban J connectivity index is 2.01. The van der Waals surface area contributed by atoms with Crippen LogP contribution < -0.4 is 4.74 Å². The van der Waals surface area contributed by atoms with E-state index in [0.29, 0.717) is 11.3 Å². The number of halogens is 1. The molecule has 0 saturated heterocycles. The van der Waals surface area contributed by atoms with E-state index in [2.05, 4.69) is 21.0 Å². The van der Waals surface area contributed by atoms with Crippen LogP contribution in [0.2, 0.25) is 0 Å². The number of amides is 1. The van der Waals surface area contributed by atoms with Gasteiger partial charge in [0.2, 0.25) is 18.0 Å². The molecule has 25 heavy (non-hydrogen) atoms. The minimum absolute atomic E-state index is 0.210. The van der Waals surface area contributed by atoms with Crippen LogP contribution in [-0.2, 0) is 14.3 Å². The molecule has 2 aromatic rings. The number of benzene rings is 2. The molecule has 2 aromatic carbocycles. The van der Waals surface area contributed by atoms with E-state index in [4.69, 9.17) is 9.47 Å². The van der Waals surface area contributed by atoms with E-state index in [1.807, 2.05) is 30.3 Å². The Morgan fingerprint density at radius 2 is 1.88 bits per heavy atom. The average Bonchev–Trinajstić information content (AvgIpc) is 3.02. The van der Waals surface area contributed by atoms with Crippen molar-refractivity contribution in [2.45, 2.75) is 20.1 Å². The molecule has 0 aromatic heterocycles. The highest BCUT2D eigenvalue weighted by Crippen LogP contribution is 2.33. The lowest BCUT2D eigenvalue weighted by Gasteiger charge is -2.19. The van der Waals surface area contributed by atoms with Crippen molar-refractivity contribution in [2.75, 3.05) is 0 Å². The van der Waals surface area contributed by atoms with Crippen LogP contribution in [0.3, 0.4) is 0 Å². The summed E-state index contributed by atoms with van der Waals surface area (Å²) in [6.45, 7) is 2.73. The lowest BCUT2D eigenvalue weighted by atomic mass is 10.2. The summed E-state index contributed by atoms with van der Waals surface area (Å²) in [7, 11) is 0. The van der Waals surface area contributed by atoms with Crippen LogP contribution >= 0.6 is 15.9 Å². The molecule has 1 aliphatic rings. The van der Waals surface area contributed by atoms with Crippen LogP contribution in [0.4, 0.5) is 0 Å². The standard InChI is InChI=1S/C18H15BrN2O4/c1-11(22)21-18(13-6-4-3-5-7-13)25-17(20-21)15-10-14(19)8-9-16(15)24-12(2)23/h3-10,18H,1-2H3/t18-/m0/s1. The number of rotatable bonds is 3. The van der Waals surface area contributed by atoms with Gasteiger partial charge in [-0.1, -0.05) is 46.3 Å². The zero-order chi connectivity index (χ0) is 18.0. The molecule has 0 bridgehead atoms. The zero-order valence-corrected chi connectivity index (χ0v) is 15.2. The highest BCUT2D eigenvalue weighted by atomic mass is 79.9. The van der Waals surface area contributed by atoms with Crippen LogP contribution in [0, 0.1) is 0 Å². The van der Waals surface area contributed by atoms with Crippen molar-refractivity contribution in [1.82, 2.24) is 5.01 Å². The van der Waals surface area contributed by atoms with Gasteiger partial charge < -0.3 is 9.47 Å². The molecule has 1 atom stereocenters. The molecule has 0 aliphatic carbocycles. The summed E-state index contributed by atoms with van der Waals surface area (Å²) in [5.74, 6) is -0.189. The number of hydrogen-bond acceptors (Lipinski definition) is 5. The molecule has 6 nitrogen and oxygen atoms in total. The third-order valence-electron chi connectivity index (χ3n) is 3.48. The lowest BCUT2D eigenvalue weighted by molar-refractivity contribution is -0.135. The Bertz CT molecular complexity index is 851. The van der Waals surface area contributed by atoms with Gasteiger partial charge in [-0.15, -0.1) is 5.10 Å². The SMILES string of the molecule is CC(=O)Oc1ccc(Br)cc1C1=NN(C(C)=O)[C@H](c2ccccc2)O1. The van der Waals surface area contributed by atoms with E-state index in [-0.39, 0.29) is 11.8 Å². The first-order valence-corrected chi connectivity index (χ1v) is 8.33. The van der Waals surface area contributed by atoms with E-state index < -0.39 is 12.2 Å². The van der Waals surface area contributed by atoms with Crippen LogP contribution in [0.5, 0.6) is 5.75 Å². The molecule has 3 rings (SSSR count). The molecule has 0 fully saturated rings. The van der Waals surface area contributed by atoms with Crippen LogP contribution in [-0.4, -0.2) is 22.8 Å². The normalized spacial score (nSPS) is 16.2. The first-order valence-electron chi connectivity index (χ1n) is 7.54. The Morgan fingerprint density at radius 1 is 1.16 bits per heavy atom. The topological polar surface area (TPSA) is 68.2 Å². The summed E-state index contributed by atoms with van der Waals surface area (Å²) in [6, 6.07) is 14.4. The fourth-order valence-electron chi connectivity index (χ4n) is 2.42. The Morgan fingerprint density at radius 3 is 2.52 bits per heavy atom. The molecule has 0 unspecified atom stereocenters. The van der Waals surface area contributed by atoms with Crippen LogP contribution in [0.1, 0.15) is 31.2 Å². The predicted octanol–water partition coefficient (Wildman–Crippen LogP) is 3.61. The van der Waals surface area contributed by atoms with Gasteiger partial charge in [0.1, 0.15) is 5.75 Å². The number of esters is 1. The van der Waals surface area contributed by atoms with Crippen molar-refractivity contribution in [2.24, 2.45) is 5.10 Å². The van der Waals surface area contributed by atoms with E-state index in [1.54, 1.807) is 18.2 Å². The number of ether oxygens (including phenoxy) is 2. The summed E-state index contributed by atoms with van der Waals surface area (Å²) >= 11 is 3.38. The summed E-state index contributed by atoms with van der Waals surface area (Å²) in [5.41, 5.74) is 1.27. The van der Waals surface area contributed by atoms with Crippen molar-refractivity contribution in [3.05, 3.63) is 64.1 Å². The van der Waals surface area contributed by atoms with E-state index in [0.717, 1.165) is 10.0 Å². The number of hydrogen-bond donors (Lipinski definition) is 0. The van der Waals surface area contributed by atoms with Gasteiger partial charge in [-0.25, -0.2) is 0 Å². The quantitative estimate of drug-likeness (QED) is 0.580. The van der Waals surface area contributed by atoms with Gasteiger partial charge in [0.25, 0.3) is 0 Å². The summed E-state index contributed by atoms with van der Waals surface area (Å²) in [6.07, 6.45) is -0.669. The second-order valence-electron chi connectivity index (χ2n) is 5.38. The molecule has 0 radical (unpaired) electrons. The largest absolute Gasteiger partial charge is 0.446 e. The Kier molecular flexibility index (Phi) is 4.85. The first-order chi connectivity index (χ1) is 12.0. The Labute approximate surface area is 153 Å². The van der Waals surface area contributed by atoms with Crippen LogP contribution in [0.15, 0.2) is 58.1 Å². The zero-order valence-electron chi connectivity index (χ0n) is 13.6. The molecule has 0 spiro atoms. The molecule has 128 valence electrons. The fraction of sp³-hybridized carbons (Fsp3) is 0.167. The predicted molar refractivity (Wildman–Crippen MR) is 94.8 cm³/mol. The van der Waals surface area contributed by atoms with Crippen LogP contribution in [0.25, 0.3) is 0 Å². The molecular formula is C18H15BrN2O4. The highest BCUT2D eigenvalue weighted by molar-refractivity contribution is 9.10. The smallest absolute Gasteiger partial charge is 0.308 e. The maximum Gasteiger partial charge on any atom is 0.308 e. The number of carbonyl (C=O) groups is 2. The number of hydrazone groups is 1. The maximum absolute atomic E-state index is 12.0. The number of nitrogens with zero attached hydrogens (tertiary/aromatic N) is 2. The molecular weight excluding hydrogens is 388 g/mol. The molecule has 7 heteroatoms. The van der Waals surface area contributed by atoms with Crippen molar-refractivity contribution in [1.29, 1.82) is 0 Å².